The standard InChI is InChI=1S/C21H30N4O2/c1-16(2)13-27-19-9-7-17(8-10-19)21(3,4)20(26)24-11-5-6-18(12-24)25-15-22-14-23-25/h7-10,14-16,18H,5-6,11-13H2,1-4H3. The van der Waals surface area contributed by atoms with Crippen molar-refractivity contribution in [1.82, 2.24) is 19.7 Å². The van der Waals surface area contributed by atoms with E-state index in [1.54, 1.807) is 12.7 Å². The lowest BCUT2D eigenvalue weighted by Crippen LogP contribution is -2.48. The molecule has 1 saturated heterocycles. The molecule has 0 aliphatic carbocycles. The Hall–Kier alpha value is -2.37. The molecule has 1 aromatic carbocycles. The number of amides is 1. The molecule has 0 saturated carbocycles. The normalized spacial score (nSPS) is 18.0. The molecule has 0 N–H and O–H groups in total. The maximum atomic E-state index is 13.3. The smallest absolute Gasteiger partial charge is 0.232 e. The Morgan fingerprint density at radius 2 is 2.04 bits per heavy atom. The van der Waals surface area contributed by atoms with E-state index in [0.29, 0.717) is 19.1 Å². The monoisotopic (exact) mass is 370 g/mol. The van der Waals surface area contributed by atoms with Crippen LogP contribution < -0.4 is 4.74 Å². The predicted octanol–water partition coefficient (Wildman–Crippen LogP) is 3.45. The number of piperidine rings is 1. The first-order valence-corrected chi connectivity index (χ1v) is 9.74. The van der Waals surface area contributed by atoms with Crippen LogP contribution in [-0.2, 0) is 10.2 Å². The molecule has 3 rings (SSSR count). The molecule has 1 aliphatic heterocycles. The van der Waals surface area contributed by atoms with Crippen LogP contribution in [0.1, 0.15) is 52.1 Å². The molecule has 0 bridgehead atoms. The lowest BCUT2D eigenvalue weighted by molar-refractivity contribution is -0.138. The average Bonchev–Trinajstić information content (AvgIpc) is 3.21. The number of rotatable bonds is 6. The van der Waals surface area contributed by atoms with Crippen LogP contribution in [0.5, 0.6) is 5.75 Å². The molecule has 6 heteroatoms. The van der Waals surface area contributed by atoms with Gasteiger partial charge in [0.25, 0.3) is 0 Å². The van der Waals surface area contributed by atoms with Crippen molar-refractivity contribution in [3.63, 3.8) is 0 Å². The highest BCUT2D eigenvalue weighted by Crippen LogP contribution is 2.30. The molecule has 1 amide bonds. The van der Waals surface area contributed by atoms with Gasteiger partial charge in [-0.3, -0.25) is 4.79 Å². The second kappa shape index (κ2) is 8.11. The fraction of sp³-hybridized carbons (Fsp3) is 0.571. The average molecular weight is 370 g/mol. The first-order chi connectivity index (χ1) is 12.9. The molecule has 146 valence electrons. The Balaban J connectivity index is 1.69. The van der Waals surface area contributed by atoms with Gasteiger partial charge in [-0.25, -0.2) is 9.67 Å². The van der Waals surface area contributed by atoms with Gasteiger partial charge in [0.15, 0.2) is 0 Å². The summed E-state index contributed by atoms with van der Waals surface area (Å²) in [5.74, 6) is 1.49. The van der Waals surface area contributed by atoms with Gasteiger partial charge in [0, 0.05) is 13.1 Å². The minimum absolute atomic E-state index is 0.156. The Bertz CT molecular complexity index is 738. The van der Waals surface area contributed by atoms with Crippen LogP contribution in [0.2, 0.25) is 0 Å². The minimum atomic E-state index is -0.583. The van der Waals surface area contributed by atoms with Gasteiger partial charge in [-0.15, -0.1) is 0 Å². The molecule has 27 heavy (non-hydrogen) atoms. The fourth-order valence-electron chi connectivity index (χ4n) is 3.51. The molecule has 1 unspecified atom stereocenters. The van der Waals surface area contributed by atoms with Crippen LogP contribution >= 0.6 is 0 Å². The SMILES string of the molecule is CC(C)COc1ccc(C(C)(C)C(=O)N2CCCC(n3cncn3)C2)cc1. The van der Waals surface area contributed by atoms with E-state index in [-0.39, 0.29) is 11.9 Å². The second-order valence-corrected chi connectivity index (χ2v) is 8.28. The second-order valence-electron chi connectivity index (χ2n) is 8.28. The molecule has 0 radical (unpaired) electrons. The van der Waals surface area contributed by atoms with Gasteiger partial charge in [0.1, 0.15) is 18.4 Å². The Labute approximate surface area is 161 Å². The first kappa shape index (κ1) is 19.4. The molecule has 1 atom stereocenters. The van der Waals surface area contributed by atoms with Gasteiger partial charge in [-0.2, -0.15) is 5.10 Å². The summed E-state index contributed by atoms with van der Waals surface area (Å²) >= 11 is 0. The number of nitrogens with zero attached hydrogens (tertiary/aromatic N) is 4. The molecular weight excluding hydrogens is 340 g/mol. The third-order valence-electron chi connectivity index (χ3n) is 5.19. The number of aromatic nitrogens is 3. The van der Waals surface area contributed by atoms with Crippen LogP contribution in [-0.4, -0.2) is 45.3 Å². The summed E-state index contributed by atoms with van der Waals surface area (Å²) in [6, 6.07) is 8.13. The van der Waals surface area contributed by atoms with E-state index in [1.807, 2.05) is 47.7 Å². The molecule has 6 nitrogen and oxygen atoms in total. The number of likely N-dealkylation sites (tertiary alicyclic amines) is 1. The molecule has 2 heterocycles. The topological polar surface area (TPSA) is 60.2 Å². The van der Waals surface area contributed by atoms with E-state index in [9.17, 15) is 4.79 Å². The van der Waals surface area contributed by atoms with Crippen molar-refractivity contribution >= 4 is 5.91 Å². The maximum Gasteiger partial charge on any atom is 0.232 e. The number of ether oxygens (including phenoxy) is 1. The molecule has 1 aliphatic rings. The fourth-order valence-corrected chi connectivity index (χ4v) is 3.51. The molecule has 1 aromatic heterocycles. The van der Waals surface area contributed by atoms with Crippen LogP contribution in [0, 0.1) is 5.92 Å². The van der Waals surface area contributed by atoms with Gasteiger partial charge in [0.2, 0.25) is 5.91 Å². The van der Waals surface area contributed by atoms with Crippen LogP contribution in [0.15, 0.2) is 36.9 Å². The number of carbonyl (C=O) groups is 1. The van der Waals surface area contributed by atoms with Crippen LogP contribution in [0.4, 0.5) is 0 Å². The van der Waals surface area contributed by atoms with E-state index in [1.165, 1.54) is 0 Å². The van der Waals surface area contributed by atoms with Gasteiger partial charge in [-0.1, -0.05) is 26.0 Å². The summed E-state index contributed by atoms with van der Waals surface area (Å²) < 4.78 is 7.62. The number of hydrogen-bond donors (Lipinski definition) is 0. The van der Waals surface area contributed by atoms with E-state index >= 15 is 0 Å². The zero-order valence-corrected chi connectivity index (χ0v) is 16.8. The largest absolute Gasteiger partial charge is 0.493 e. The van der Waals surface area contributed by atoms with E-state index in [0.717, 1.165) is 30.7 Å². The number of benzene rings is 1. The lowest BCUT2D eigenvalue weighted by Gasteiger charge is -2.37. The minimum Gasteiger partial charge on any atom is -0.493 e. The summed E-state index contributed by atoms with van der Waals surface area (Å²) in [4.78, 5) is 19.3. The Kier molecular flexibility index (Phi) is 5.82. The summed E-state index contributed by atoms with van der Waals surface area (Å²) in [5, 5.41) is 4.25. The summed E-state index contributed by atoms with van der Waals surface area (Å²) in [7, 11) is 0. The van der Waals surface area contributed by atoms with Crippen molar-refractivity contribution in [2.75, 3.05) is 19.7 Å². The van der Waals surface area contributed by atoms with Crippen molar-refractivity contribution in [1.29, 1.82) is 0 Å². The van der Waals surface area contributed by atoms with Crippen LogP contribution in [0.25, 0.3) is 0 Å². The summed E-state index contributed by atoms with van der Waals surface area (Å²) in [6.45, 7) is 10.4. The van der Waals surface area contributed by atoms with E-state index in [4.69, 9.17) is 4.74 Å². The third kappa shape index (κ3) is 4.49. The Morgan fingerprint density at radius 1 is 1.30 bits per heavy atom. The lowest BCUT2D eigenvalue weighted by atomic mass is 9.82. The van der Waals surface area contributed by atoms with Gasteiger partial charge < -0.3 is 9.64 Å². The highest BCUT2D eigenvalue weighted by atomic mass is 16.5. The summed E-state index contributed by atoms with van der Waals surface area (Å²) in [6.07, 6.45) is 5.29. The van der Waals surface area contributed by atoms with Crippen LogP contribution in [0.3, 0.4) is 0 Å². The van der Waals surface area contributed by atoms with Crippen molar-refractivity contribution < 1.29 is 9.53 Å². The quantitative estimate of drug-likeness (QED) is 0.781. The Morgan fingerprint density at radius 3 is 2.67 bits per heavy atom. The van der Waals surface area contributed by atoms with Crippen molar-refractivity contribution in [3.05, 3.63) is 42.5 Å². The van der Waals surface area contributed by atoms with E-state index < -0.39 is 5.41 Å². The highest BCUT2D eigenvalue weighted by molar-refractivity contribution is 5.87. The summed E-state index contributed by atoms with van der Waals surface area (Å²) in [5.41, 5.74) is 0.424. The number of carbonyl (C=O) groups excluding carboxylic acids is 1. The van der Waals surface area contributed by atoms with Gasteiger partial charge >= 0.3 is 0 Å². The van der Waals surface area contributed by atoms with E-state index in [2.05, 4.69) is 23.9 Å². The van der Waals surface area contributed by atoms with Gasteiger partial charge in [-0.05, 0) is 50.3 Å². The first-order valence-electron chi connectivity index (χ1n) is 9.74. The molecule has 1 fully saturated rings. The molecule has 2 aromatic rings. The zero-order chi connectivity index (χ0) is 19.4. The maximum absolute atomic E-state index is 13.3. The zero-order valence-electron chi connectivity index (χ0n) is 16.8. The van der Waals surface area contributed by atoms with Crippen molar-refractivity contribution in [3.8, 4) is 5.75 Å². The van der Waals surface area contributed by atoms with Crippen molar-refractivity contribution in [2.24, 2.45) is 5.92 Å². The molecular formula is C21H30N4O2. The number of hydrogen-bond acceptors (Lipinski definition) is 4. The van der Waals surface area contributed by atoms with Crippen molar-refractivity contribution in [2.45, 2.75) is 52.0 Å². The third-order valence-corrected chi connectivity index (χ3v) is 5.19. The molecule has 0 spiro atoms. The predicted molar refractivity (Wildman–Crippen MR) is 105 cm³/mol. The van der Waals surface area contributed by atoms with Gasteiger partial charge in [0.05, 0.1) is 18.1 Å². The highest BCUT2D eigenvalue weighted by Gasteiger charge is 2.36.